The van der Waals surface area contributed by atoms with Crippen molar-refractivity contribution in [2.24, 2.45) is 11.8 Å². The number of halogens is 3. The predicted molar refractivity (Wildman–Crippen MR) is 70.6 cm³/mol. The third-order valence-electron chi connectivity index (χ3n) is 4.23. The lowest BCUT2D eigenvalue weighted by Crippen LogP contribution is -2.52. The third-order valence-corrected chi connectivity index (χ3v) is 6.14. The molecule has 0 amide bonds. The van der Waals surface area contributed by atoms with Crippen LogP contribution in [0.5, 0.6) is 0 Å². The van der Waals surface area contributed by atoms with E-state index >= 15 is 0 Å². The SMILES string of the molecule is C[C@@H]1C[C@@H](C)CN(S(=O)(=O)N2CC[C@](O)(C(F)(F)F)C2)C1. The van der Waals surface area contributed by atoms with Gasteiger partial charge in [0.1, 0.15) is 0 Å². The number of hydrogen-bond donors (Lipinski definition) is 1. The average molecular weight is 330 g/mol. The molecule has 124 valence electrons. The molecule has 0 radical (unpaired) electrons. The molecule has 21 heavy (non-hydrogen) atoms. The highest BCUT2D eigenvalue weighted by molar-refractivity contribution is 7.86. The Bertz CT molecular complexity index is 486. The van der Waals surface area contributed by atoms with Gasteiger partial charge in [-0.05, 0) is 18.3 Å². The van der Waals surface area contributed by atoms with Gasteiger partial charge in [0.15, 0.2) is 5.60 Å². The van der Waals surface area contributed by atoms with E-state index in [1.807, 2.05) is 13.8 Å². The number of hydrogen-bond acceptors (Lipinski definition) is 3. The standard InChI is InChI=1S/C12H21F3N2O3S/c1-9-5-10(2)7-17(6-9)21(19,20)16-4-3-11(18,8-16)12(13,14)15/h9-10,18H,3-8H2,1-2H3/t9-,10-,11-/m1/s1. The van der Waals surface area contributed by atoms with Crippen molar-refractivity contribution in [3.05, 3.63) is 0 Å². The molecule has 2 rings (SSSR count). The average Bonchev–Trinajstić information content (AvgIpc) is 2.72. The first-order valence-corrected chi connectivity index (χ1v) is 8.40. The van der Waals surface area contributed by atoms with E-state index in [4.69, 9.17) is 0 Å². The lowest BCUT2D eigenvalue weighted by molar-refractivity contribution is -0.252. The van der Waals surface area contributed by atoms with Gasteiger partial charge in [0, 0.05) is 26.1 Å². The summed E-state index contributed by atoms with van der Waals surface area (Å²) in [5.74, 6) is 0.347. The molecular weight excluding hydrogens is 309 g/mol. The summed E-state index contributed by atoms with van der Waals surface area (Å²) >= 11 is 0. The number of piperidine rings is 1. The molecule has 0 saturated carbocycles. The quantitative estimate of drug-likeness (QED) is 0.828. The number of β-amino-alcohol motifs (C(OH)–C–C–N with tert-alkyl or cyclic N) is 1. The van der Waals surface area contributed by atoms with E-state index in [9.17, 15) is 26.7 Å². The second-order valence-electron chi connectivity index (χ2n) is 6.38. The summed E-state index contributed by atoms with van der Waals surface area (Å²) in [5, 5.41) is 9.61. The smallest absolute Gasteiger partial charge is 0.379 e. The Morgan fingerprint density at radius 3 is 2.10 bits per heavy atom. The predicted octanol–water partition coefficient (Wildman–Crippen LogP) is 1.21. The Kier molecular flexibility index (Phi) is 4.34. The van der Waals surface area contributed by atoms with Crippen LogP contribution in [-0.2, 0) is 10.2 Å². The molecule has 0 bridgehead atoms. The molecule has 0 aliphatic carbocycles. The van der Waals surface area contributed by atoms with Crippen molar-refractivity contribution in [3.8, 4) is 0 Å². The largest absolute Gasteiger partial charge is 0.418 e. The summed E-state index contributed by atoms with van der Waals surface area (Å²) in [6.07, 6.45) is -4.53. The minimum absolute atomic E-state index is 0.174. The van der Waals surface area contributed by atoms with Crippen LogP contribution in [0.1, 0.15) is 26.7 Å². The first-order chi connectivity index (χ1) is 9.46. The maximum absolute atomic E-state index is 12.8. The van der Waals surface area contributed by atoms with Gasteiger partial charge >= 0.3 is 6.18 Å². The van der Waals surface area contributed by atoms with E-state index in [0.29, 0.717) is 13.1 Å². The van der Waals surface area contributed by atoms with Crippen LogP contribution in [0, 0.1) is 11.8 Å². The van der Waals surface area contributed by atoms with Crippen LogP contribution >= 0.6 is 0 Å². The normalized spacial score (nSPS) is 37.0. The molecular formula is C12H21F3N2O3S. The second-order valence-corrected chi connectivity index (χ2v) is 8.31. The van der Waals surface area contributed by atoms with Crippen molar-refractivity contribution in [3.63, 3.8) is 0 Å². The molecule has 0 aromatic carbocycles. The van der Waals surface area contributed by atoms with E-state index in [1.165, 1.54) is 4.31 Å². The second kappa shape index (κ2) is 5.36. The Morgan fingerprint density at radius 2 is 1.67 bits per heavy atom. The maximum Gasteiger partial charge on any atom is 0.418 e. The molecule has 0 aromatic rings. The summed E-state index contributed by atoms with van der Waals surface area (Å²) in [7, 11) is -3.95. The summed E-state index contributed by atoms with van der Waals surface area (Å²) < 4.78 is 65.3. The van der Waals surface area contributed by atoms with Crippen LogP contribution in [0.2, 0.25) is 0 Å². The number of rotatable bonds is 2. The van der Waals surface area contributed by atoms with E-state index in [0.717, 1.165) is 10.7 Å². The Labute approximate surface area is 122 Å². The van der Waals surface area contributed by atoms with Crippen LogP contribution in [0.25, 0.3) is 0 Å². The molecule has 5 nitrogen and oxygen atoms in total. The van der Waals surface area contributed by atoms with Crippen molar-refractivity contribution in [1.82, 2.24) is 8.61 Å². The van der Waals surface area contributed by atoms with Crippen LogP contribution in [0.15, 0.2) is 0 Å². The first kappa shape index (κ1) is 17.0. The monoisotopic (exact) mass is 330 g/mol. The fourth-order valence-corrected chi connectivity index (χ4v) is 5.06. The van der Waals surface area contributed by atoms with Crippen molar-refractivity contribution in [2.75, 3.05) is 26.2 Å². The van der Waals surface area contributed by atoms with E-state index in [2.05, 4.69) is 0 Å². The zero-order chi connectivity index (χ0) is 16.1. The van der Waals surface area contributed by atoms with Gasteiger partial charge in [-0.2, -0.15) is 30.2 Å². The van der Waals surface area contributed by atoms with Crippen molar-refractivity contribution >= 4 is 10.2 Å². The van der Waals surface area contributed by atoms with Crippen LogP contribution in [-0.4, -0.2) is 60.1 Å². The zero-order valence-electron chi connectivity index (χ0n) is 12.1. The van der Waals surface area contributed by atoms with E-state index in [1.54, 1.807) is 0 Å². The lowest BCUT2D eigenvalue weighted by Gasteiger charge is -2.36. The van der Waals surface area contributed by atoms with Gasteiger partial charge in [-0.15, -0.1) is 0 Å². The van der Waals surface area contributed by atoms with Crippen LogP contribution < -0.4 is 0 Å². The number of alkyl halides is 3. The van der Waals surface area contributed by atoms with Gasteiger partial charge in [-0.3, -0.25) is 0 Å². The van der Waals surface area contributed by atoms with Gasteiger partial charge in [-0.25, -0.2) is 0 Å². The van der Waals surface area contributed by atoms with Crippen molar-refractivity contribution in [1.29, 1.82) is 0 Å². The molecule has 0 spiro atoms. The Balaban J connectivity index is 2.15. The topological polar surface area (TPSA) is 60.9 Å². The third kappa shape index (κ3) is 3.20. The Morgan fingerprint density at radius 1 is 1.14 bits per heavy atom. The molecule has 0 aromatic heterocycles. The van der Waals surface area contributed by atoms with Gasteiger partial charge in [0.2, 0.25) is 0 Å². The number of aliphatic hydroxyl groups is 1. The molecule has 1 N–H and O–H groups in total. The summed E-state index contributed by atoms with van der Waals surface area (Å²) in [6, 6.07) is 0. The first-order valence-electron chi connectivity index (χ1n) is 7.00. The van der Waals surface area contributed by atoms with E-state index in [-0.39, 0.29) is 18.4 Å². The zero-order valence-corrected chi connectivity index (χ0v) is 12.9. The fourth-order valence-electron chi connectivity index (χ4n) is 3.15. The van der Waals surface area contributed by atoms with Gasteiger partial charge < -0.3 is 5.11 Å². The number of nitrogens with zero attached hydrogens (tertiary/aromatic N) is 2. The highest BCUT2D eigenvalue weighted by Gasteiger charge is 2.59. The summed E-state index contributed by atoms with van der Waals surface area (Å²) in [6.45, 7) is 3.25. The van der Waals surface area contributed by atoms with Gasteiger partial charge in [0.25, 0.3) is 10.2 Å². The van der Waals surface area contributed by atoms with Crippen LogP contribution in [0.4, 0.5) is 13.2 Å². The highest BCUT2D eigenvalue weighted by atomic mass is 32.2. The van der Waals surface area contributed by atoms with Crippen LogP contribution in [0.3, 0.4) is 0 Å². The fraction of sp³-hybridized carbons (Fsp3) is 1.00. The molecule has 2 fully saturated rings. The Hall–Kier alpha value is -0.380. The molecule has 3 atom stereocenters. The minimum atomic E-state index is -4.82. The molecule has 2 saturated heterocycles. The lowest BCUT2D eigenvalue weighted by atomic mass is 9.94. The summed E-state index contributed by atoms with van der Waals surface area (Å²) in [5.41, 5.74) is -2.94. The molecule has 2 aliphatic heterocycles. The highest BCUT2D eigenvalue weighted by Crippen LogP contribution is 2.39. The maximum atomic E-state index is 12.8. The summed E-state index contributed by atoms with van der Waals surface area (Å²) in [4.78, 5) is 0. The van der Waals surface area contributed by atoms with Crippen molar-refractivity contribution < 1.29 is 26.7 Å². The van der Waals surface area contributed by atoms with Gasteiger partial charge in [0.05, 0.1) is 6.54 Å². The molecule has 2 aliphatic rings. The molecule has 2 heterocycles. The van der Waals surface area contributed by atoms with Gasteiger partial charge in [-0.1, -0.05) is 13.8 Å². The minimum Gasteiger partial charge on any atom is -0.379 e. The van der Waals surface area contributed by atoms with E-state index < -0.39 is 35.0 Å². The molecule has 9 heteroatoms. The molecule has 0 unspecified atom stereocenters. The van der Waals surface area contributed by atoms with Crippen molar-refractivity contribution in [2.45, 2.75) is 38.5 Å².